The first-order valence-electron chi connectivity index (χ1n) is 5.80. The maximum atomic E-state index is 10.8. The molecule has 0 unspecified atom stereocenters. The zero-order valence-corrected chi connectivity index (χ0v) is 11.0. The molecule has 0 fully saturated rings. The molecule has 0 bridgehead atoms. The number of hydrogen-bond donors (Lipinski definition) is 0. The first-order valence-corrected chi connectivity index (χ1v) is 5.80. The number of rotatable bonds is 1. The summed E-state index contributed by atoms with van der Waals surface area (Å²) in [5, 5.41) is 0. The van der Waals surface area contributed by atoms with Crippen molar-refractivity contribution in [2.45, 2.75) is 13.8 Å². The van der Waals surface area contributed by atoms with Crippen LogP contribution in [0.4, 0.5) is 0 Å². The predicted octanol–water partition coefficient (Wildman–Crippen LogP) is 3.78. The van der Waals surface area contributed by atoms with E-state index in [0.717, 1.165) is 0 Å². The van der Waals surface area contributed by atoms with Gasteiger partial charge in [0.2, 0.25) is 0 Å². The molecule has 2 rings (SSSR count). The van der Waals surface area contributed by atoms with Crippen LogP contribution in [0.3, 0.4) is 0 Å². The van der Waals surface area contributed by atoms with E-state index < -0.39 is 0 Å². The van der Waals surface area contributed by atoms with Crippen LogP contribution in [0.2, 0.25) is 0 Å². The van der Waals surface area contributed by atoms with Crippen LogP contribution < -0.4 is 0 Å². The summed E-state index contributed by atoms with van der Waals surface area (Å²) in [6.45, 7) is 4.24. The molecule has 0 aromatic heterocycles. The van der Waals surface area contributed by atoms with E-state index in [0.29, 0.717) is 5.56 Å². The Bertz CT molecular complexity index is 468. The van der Waals surface area contributed by atoms with Crippen molar-refractivity contribution in [2.24, 2.45) is 0 Å². The monoisotopic (exact) mass is 242 g/mol. The third-order valence-corrected chi connectivity index (χ3v) is 2.62. The molecule has 2 aromatic rings. The Hall–Kier alpha value is -2.09. The number of esters is 1. The van der Waals surface area contributed by atoms with Crippen molar-refractivity contribution >= 4 is 5.97 Å². The van der Waals surface area contributed by atoms with Crippen molar-refractivity contribution in [3.63, 3.8) is 0 Å². The summed E-state index contributed by atoms with van der Waals surface area (Å²) in [5.41, 5.74) is 3.32. The fraction of sp³-hybridized carbons (Fsp3) is 0.188. The smallest absolute Gasteiger partial charge is 0.337 e. The SMILES string of the molecule is COC(=O)c1ccccc1.Cc1ccccc1C. The maximum absolute atomic E-state index is 10.8. The molecule has 94 valence electrons. The average Bonchev–Trinajstić information content (AvgIpc) is 2.43. The van der Waals surface area contributed by atoms with E-state index in [4.69, 9.17) is 0 Å². The molecule has 0 atom stereocenters. The third-order valence-electron chi connectivity index (χ3n) is 2.62. The van der Waals surface area contributed by atoms with Gasteiger partial charge in [0, 0.05) is 0 Å². The zero-order valence-electron chi connectivity index (χ0n) is 11.0. The first kappa shape index (κ1) is 14.0. The third kappa shape index (κ3) is 4.42. The quantitative estimate of drug-likeness (QED) is 0.711. The molecule has 0 spiro atoms. The molecule has 0 aliphatic rings. The number of carbonyl (C=O) groups is 1. The van der Waals surface area contributed by atoms with Crippen LogP contribution >= 0.6 is 0 Å². The lowest BCUT2D eigenvalue weighted by atomic mass is 10.1. The fourth-order valence-corrected chi connectivity index (χ4v) is 1.35. The number of carbonyl (C=O) groups excluding carboxylic acids is 1. The molecular weight excluding hydrogens is 224 g/mol. The van der Waals surface area contributed by atoms with Gasteiger partial charge in [0.05, 0.1) is 12.7 Å². The highest BCUT2D eigenvalue weighted by Gasteiger charge is 2.00. The van der Waals surface area contributed by atoms with E-state index in [1.165, 1.54) is 18.2 Å². The second-order valence-electron chi connectivity index (χ2n) is 3.94. The van der Waals surface area contributed by atoms with Crippen molar-refractivity contribution in [1.29, 1.82) is 0 Å². The first-order chi connectivity index (χ1) is 8.65. The molecule has 0 amide bonds. The number of methoxy groups -OCH3 is 1. The van der Waals surface area contributed by atoms with E-state index in [-0.39, 0.29) is 5.97 Å². The van der Waals surface area contributed by atoms with Crippen molar-refractivity contribution in [3.8, 4) is 0 Å². The molecule has 18 heavy (non-hydrogen) atoms. The topological polar surface area (TPSA) is 26.3 Å². The summed E-state index contributed by atoms with van der Waals surface area (Å²) >= 11 is 0. The predicted molar refractivity (Wildman–Crippen MR) is 73.7 cm³/mol. The van der Waals surface area contributed by atoms with Gasteiger partial charge in [-0.2, -0.15) is 0 Å². The molecule has 0 aliphatic heterocycles. The van der Waals surface area contributed by atoms with E-state index >= 15 is 0 Å². The fourth-order valence-electron chi connectivity index (χ4n) is 1.35. The standard InChI is InChI=1S/C8H8O2.C8H10/c1-10-8(9)7-5-3-2-4-6-7;1-7-5-3-4-6-8(7)2/h2-6H,1H3;3-6H,1-2H3. The summed E-state index contributed by atoms with van der Waals surface area (Å²) in [7, 11) is 1.37. The van der Waals surface area contributed by atoms with Gasteiger partial charge in [-0.25, -0.2) is 4.79 Å². The van der Waals surface area contributed by atoms with Crippen LogP contribution in [0.25, 0.3) is 0 Å². The van der Waals surface area contributed by atoms with Gasteiger partial charge in [0.15, 0.2) is 0 Å². The van der Waals surface area contributed by atoms with Crippen molar-refractivity contribution < 1.29 is 9.53 Å². The van der Waals surface area contributed by atoms with E-state index in [9.17, 15) is 4.79 Å². The van der Waals surface area contributed by atoms with E-state index in [1.54, 1.807) is 24.3 Å². The van der Waals surface area contributed by atoms with Crippen LogP contribution in [-0.4, -0.2) is 13.1 Å². The van der Waals surface area contributed by atoms with Gasteiger partial charge >= 0.3 is 5.97 Å². The number of ether oxygens (including phenoxy) is 1. The molecule has 0 heterocycles. The van der Waals surface area contributed by atoms with Crippen LogP contribution in [0.15, 0.2) is 54.6 Å². The normalized spacial score (nSPS) is 9.06. The summed E-state index contributed by atoms with van der Waals surface area (Å²) in [5.74, 6) is -0.291. The highest BCUT2D eigenvalue weighted by atomic mass is 16.5. The van der Waals surface area contributed by atoms with E-state index in [1.807, 2.05) is 6.07 Å². The zero-order chi connectivity index (χ0) is 13.4. The summed E-state index contributed by atoms with van der Waals surface area (Å²) < 4.78 is 4.50. The minimum absolute atomic E-state index is 0.291. The number of aryl methyl sites for hydroxylation is 2. The van der Waals surface area contributed by atoms with Crippen LogP contribution in [0.5, 0.6) is 0 Å². The summed E-state index contributed by atoms with van der Waals surface area (Å²) in [4.78, 5) is 10.8. The van der Waals surface area contributed by atoms with Gasteiger partial charge < -0.3 is 4.74 Å². The number of hydrogen-bond acceptors (Lipinski definition) is 2. The minimum Gasteiger partial charge on any atom is -0.465 e. The Balaban J connectivity index is 0.000000184. The van der Waals surface area contributed by atoms with Gasteiger partial charge in [-0.3, -0.25) is 0 Å². The molecule has 0 saturated heterocycles. The Labute approximate surface area is 108 Å². The van der Waals surface area contributed by atoms with Crippen LogP contribution in [0.1, 0.15) is 21.5 Å². The maximum Gasteiger partial charge on any atom is 0.337 e. The van der Waals surface area contributed by atoms with Crippen LogP contribution in [-0.2, 0) is 4.74 Å². The average molecular weight is 242 g/mol. The Kier molecular flexibility index (Phi) is 5.65. The molecule has 0 N–H and O–H groups in total. The minimum atomic E-state index is -0.291. The van der Waals surface area contributed by atoms with Gasteiger partial charge in [0.25, 0.3) is 0 Å². The van der Waals surface area contributed by atoms with Crippen molar-refractivity contribution in [1.82, 2.24) is 0 Å². The van der Waals surface area contributed by atoms with Gasteiger partial charge in [-0.1, -0.05) is 42.5 Å². The molecular formula is C16H18O2. The lowest BCUT2D eigenvalue weighted by molar-refractivity contribution is 0.0601. The molecule has 0 radical (unpaired) electrons. The largest absolute Gasteiger partial charge is 0.465 e. The van der Waals surface area contributed by atoms with Crippen LogP contribution in [0, 0.1) is 13.8 Å². The molecule has 2 aromatic carbocycles. The van der Waals surface area contributed by atoms with Crippen molar-refractivity contribution in [2.75, 3.05) is 7.11 Å². The summed E-state index contributed by atoms with van der Waals surface area (Å²) in [6.07, 6.45) is 0. The lowest BCUT2D eigenvalue weighted by Gasteiger charge is -1.95. The Morgan fingerprint density at radius 1 is 0.833 bits per heavy atom. The van der Waals surface area contributed by atoms with Gasteiger partial charge in [-0.15, -0.1) is 0 Å². The molecule has 0 saturated carbocycles. The van der Waals surface area contributed by atoms with Crippen molar-refractivity contribution in [3.05, 3.63) is 71.3 Å². The highest BCUT2D eigenvalue weighted by Crippen LogP contribution is 2.02. The highest BCUT2D eigenvalue weighted by molar-refractivity contribution is 5.89. The Morgan fingerprint density at radius 3 is 1.67 bits per heavy atom. The molecule has 0 aliphatic carbocycles. The van der Waals surface area contributed by atoms with E-state index in [2.05, 4.69) is 42.8 Å². The lowest BCUT2D eigenvalue weighted by Crippen LogP contribution is -1.99. The molecule has 2 nitrogen and oxygen atoms in total. The van der Waals surface area contributed by atoms with Gasteiger partial charge in [-0.05, 0) is 37.1 Å². The second-order valence-corrected chi connectivity index (χ2v) is 3.94. The number of benzene rings is 2. The summed E-state index contributed by atoms with van der Waals surface area (Å²) in [6, 6.07) is 17.2. The second kappa shape index (κ2) is 7.28. The Morgan fingerprint density at radius 2 is 1.28 bits per heavy atom. The molecule has 2 heteroatoms. The van der Waals surface area contributed by atoms with Gasteiger partial charge in [0.1, 0.15) is 0 Å².